The highest BCUT2D eigenvalue weighted by molar-refractivity contribution is 6.14. The maximum absolute atomic E-state index is 12.2. The summed E-state index contributed by atoms with van der Waals surface area (Å²) in [4.78, 5) is 14.1. The molecular formula is C16H14BNO. The molecule has 2 aromatic rings. The molecule has 3 rings (SSSR count). The fraction of sp³-hybridized carbons (Fsp3) is 0.188. The fourth-order valence-corrected chi connectivity index (χ4v) is 2.69. The molecule has 0 spiro atoms. The van der Waals surface area contributed by atoms with E-state index in [2.05, 4.69) is 12.1 Å². The quantitative estimate of drug-likeness (QED) is 0.603. The van der Waals surface area contributed by atoms with Crippen molar-refractivity contribution in [3.05, 3.63) is 66.2 Å². The van der Waals surface area contributed by atoms with E-state index in [4.69, 9.17) is 7.85 Å². The van der Waals surface area contributed by atoms with E-state index in [1.165, 1.54) is 0 Å². The van der Waals surface area contributed by atoms with Crippen molar-refractivity contribution in [2.45, 2.75) is 12.4 Å². The predicted molar refractivity (Wildman–Crippen MR) is 77.2 cm³/mol. The van der Waals surface area contributed by atoms with Crippen LogP contribution in [0.25, 0.3) is 0 Å². The van der Waals surface area contributed by atoms with Crippen LogP contribution in [0.4, 0.5) is 5.69 Å². The molecule has 2 atom stereocenters. The molecular weight excluding hydrogens is 233 g/mol. The van der Waals surface area contributed by atoms with Gasteiger partial charge in [-0.1, -0.05) is 54.9 Å². The van der Waals surface area contributed by atoms with Crippen LogP contribution < -0.4 is 4.90 Å². The van der Waals surface area contributed by atoms with Gasteiger partial charge in [0.05, 0.1) is 19.8 Å². The van der Waals surface area contributed by atoms with Gasteiger partial charge in [0.2, 0.25) is 5.91 Å². The molecule has 1 aliphatic rings. The average Bonchev–Trinajstić information content (AvgIpc) is 2.47. The van der Waals surface area contributed by atoms with Gasteiger partial charge >= 0.3 is 0 Å². The molecule has 0 aromatic heterocycles. The number of hydrogen-bond acceptors (Lipinski definition) is 1. The molecule has 19 heavy (non-hydrogen) atoms. The summed E-state index contributed by atoms with van der Waals surface area (Å²) in [5.41, 5.74) is 2.08. The summed E-state index contributed by atoms with van der Waals surface area (Å²) >= 11 is 0. The van der Waals surface area contributed by atoms with Crippen LogP contribution >= 0.6 is 0 Å². The zero-order chi connectivity index (χ0) is 13.2. The third kappa shape index (κ3) is 1.95. The number of benzene rings is 2. The van der Waals surface area contributed by atoms with Gasteiger partial charge in [0.15, 0.2) is 0 Å². The van der Waals surface area contributed by atoms with Crippen LogP contribution in [0, 0.1) is 5.92 Å². The topological polar surface area (TPSA) is 20.3 Å². The first kappa shape index (κ1) is 12.0. The zero-order valence-electron chi connectivity index (χ0n) is 10.6. The largest absolute Gasteiger partial charge is 0.304 e. The number of para-hydroxylation sites is 1. The summed E-state index contributed by atoms with van der Waals surface area (Å²) in [7, 11) is 5.74. The minimum atomic E-state index is -0.109. The molecule has 1 saturated heterocycles. The van der Waals surface area contributed by atoms with Crippen molar-refractivity contribution in [1.82, 2.24) is 0 Å². The molecule has 1 amide bonds. The summed E-state index contributed by atoms with van der Waals surface area (Å²) in [6.07, 6.45) is 0.391. The van der Waals surface area contributed by atoms with E-state index in [0.29, 0.717) is 6.32 Å². The highest BCUT2D eigenvalue weighted by Gasteiger charge is 2.47. The lowest BCUT2D eigenvalue weighted by molar-refractivity contribution is -0.129. The van der Waals surface area contributed by atoms with Crippen molar-refractivity contribution in [2.24, 2.45) is 5.92 Å². The average molecular weight is 247 g/mol. The lowest BCUT2D eigenvalue weighted by Crippen LogP contribution is -2.55. The maximum Gasteiger partial charge on any atom is 0.232 e. The molecule has 1 heterocycles. The number of hydrogen-bond donors (Lipinski definition) is 0. The number of carbonyl (C=O) groups excluding carboxylic acids is 1. The number of β-lactam (4-membered cyclic amide) rings is 1. The molecule has 2 aromatic carbocycles. The lowest BCUT2D eigenvalue weighted by atomic mass is 9.74. The maximum atomic E-state index is 12.2. The van der Waals surface area contributed by atoms with Gasteiger partial charge in [-0.05, 0) is 17.7 Å². The molecule has 1 aliphatic heterocycles. The van der Waals surface area contributed by atoms with E-state index < -0.39 is 0 Å². The van der Waals surface area contributed by atoms with Gasteiger partial charge in [-0.15, -0.1) is 0 Å². The molecule has 0 unspecified atom stereocenters. The van der Waals surface area contributed by atoms with Gasteiger partial charge in [-0.3, -0.25) is 4.79 Å². The van der Waals surface area contributed by atoms with Crippen LogP contribution in [-0.2, 0) is 4.79 Å². The van der Waals surface area contributed by atoms with Crippen molar-refractivity contribution >= 4 is 19.4 Å². The highest BCUT2D eigenvalue weighted by atomic mass is 16.2. The first-order valence-corrected chi connectivity index (χ1v) is 6.46. The molecule has 0 aliphatic carbocycles. The SMILES string of the molecule is [B]C[C@@H]1C(=O)N(c2ccccc2)[C@H]1c1ccccc1. The molecule has 2 radical (unpaired) electrons. The van der Waals surface area contributed by atoms with Gasteiger partial charge in [-0.2, -0.15) is 0 Å². The molecule has 0 bridgehead atoms. The van der Waals surface area contributed by atoms with Crippen LogP contribution in [-0.4, -0.2) is 13.8 Å². The van der Waals surface area contributed by atoms with Gasteiger partial charge in [0.1, 0.15) is 0 Å². The minimum Gasteiger partial charge on any atom is -0.304 e. The van der Waals surface area contributed by atoms with Crippen LogP contribution in [0.2, 0.25) is 6.32 Å². The smallest absolute Gasteiger partial charge is 0.232 e. The van der Waals surface area contributed by atoms with Gasteiger partial charge in [-0.25, -0.2) is 0 Å². The van der Waals surface area contributed by atoms with Gasteiger partial charge < -0.3 is 4.90 Å². The first-order chi connectivity index (χ1) is 9.33. The molecule has 0 N–H and O–H groups in total. The number of carbonyl (C=O) groups is 1. The molecule has 3 heteroatoms. The number of nitrogens with zero attached hydrogens (tertiary/aromatic N) is 1. The Hall–Kier alpha value is -2.03. The second-order valence-electron chi connectivity index (χ2n) is 4.74. The van der Waals surface area contributed by atoms with Crippen molar-refractivity contribution in [2.75, 3.05) is 4.90 Å². The Morgan fingerprint density at radius 3 is 2.11 bits per heavy atom. The predicted octanol–water partition coefficient (Wildman–Crippen LogP) is 2.98. The third-order valence-electron chi connectivity index (χ3n) is 3.64. The molecule has 1 fully saturated rings. The summed E-state index contributed by atoms with van der Waals surface area (Å²) in [6, 6.07) is 19.9. The Balaban J connectivity index is 1.98. The Morgan fingerprint density at radius 2 is 1.53 bits per heavy atom. The number of rotatable bonds is 3. The minimum absolute atomic E-state index is 0.0566. The summed E-state index contributed by atoms with van der Waals surface area (Å²) < 4.78 is 0. The Bertz CT molecular complexity index is 570. The van der Waals surface area contributed by atoms with Crippen LogP contribution in [0.1, 0.15) is 11.6 Å². The van der Waals surface area contributed by atoms with Crippen molar-refractivity contribution in [1.29, 1.82) is 0 Å². The second kappa shape index (κ2) is 4.92. The first-order valence-electron chi connectivity index (χ1n) is 6.46. The highest BCUT2D eigenvalue weighted by Crippen LogP contribution is 2.44. The van der Waals surface area contributed by atoms with Crippen molar-refractivity contribution in [3.63, 3.8) is 0 Å². The lowest BCUT2D eigenvalue weighted by Gasteiger charge is -2.47. The van der Waals surface area contributed by atoms with E-state index in [1.807, 2.05) is 53.4 Å². The summed E-state index contributed by atoms with van der Waals surface area (Å²) in [5, 5.41) is 0. The Kier molecular flexibility index (Phi) is 3.12. The summed E-state index contributed by atoms with van der Waals surface area (Å²) in [6.45, 7) is 0. The number of anilines is 1. The van der Waals surface area contributed by atoms with Crippen LogP contribution in [0.5, 0.6) is 0 Å². The normalized spacial score (nSPS) is 22.1. The van der Waals surface area contributed by atoms with Crippen LogP contribution in [0.3, 0.4) is 0 Å². The zero-order valence-corrected chi connectivity index (χ0v) is 10.6. The Morgan fingerprint density at radius 1 is 0.947 bits per heavy atom. The second-order valence-corrected chi connectivity index (χ2v) is 4.74. The molecule has 0 saturated carbocycles. The fourth-order valence-electron chi connectivity index (χ4n) is 2.69. The molecule has 2 nitrogen and oxygen atoms in total. The van der Waals surface area contributed by atoms with Gasteiger partial charge in [0.25, 0.3) is 0 Å². The molecule has 92 valence electrons. The third-order valence-corrected chi connectivity index (χ3v) is 3.64. The summed E-state index contributed by atoms with van der Waals surface area (Å²) in [5.74, 6) is 0.00478. The van der Waals surface area contributed by atoms with E-state index in [-0.39, 0.29) is 17.9 Å². The standard InChI is InChI=1S/C16H14BNO/c17-11-14-15(12-7-3-1-4-8-12)18(16(14)19)13-9-5-2-6-10-13/h1-10,14-15H,11H2/t14-,15-/m0/s1. The number of amides is 1. The van der Waals surface area contributed by atoms with E-state index in [9.17, 15) is 4.79 Å². The Labute approximate surface area is 114 Å². The van der Waals surface area contributed by atoms with E-state index in [1.54, 1.807) is 0 Å². The van der Waals surface area contributed by atoms with E-state index in [0.717, 1.165) is 11.3 Å². The van der Waals surface area contributed by atoms with Crippen molar-refractivity contribution < 1.29 is 4.79 Å². The van der Waals surface area contributed by atoms with Gasteiger partial charge in [0, 0.05) is 5.69 Å². The van der Waals surface area contributed by atoms with Crippen molar-refractivity contribution in [3.8, 4) is 0 Å². The van der Waals surface area contributed by atoms with Crippen LogP contribution in [0.15, 0.2) is 60.7 Å². The monoisotopic (exact) mass is 247 g/mol. The van der Waals surface area contributed by atoms with E-state index >= 15 is 0 Å².